The number of carbonyl (C=O) groups is 3. The van der Waals surface area contributed by atoms with E-state index in [-0.39, 0.29) is 31.1 Å². The summed E-state index contributed by atoms with van der Waals surface area (Å²) >= 11 is 0. The van der Waals surface area contributed by atoms with Crippen LogP contribution in [0.5, 0.6) is 0 Å². The smallest absolute Gasteiger partial charge is 0.306 e. The molecule has 0 amide bonds. The summed E-state index contributed by atoms with van der Waals surface area (Å²) in [6.07, 6.45) is 77.6. The van der Waals surface area contributed by atoms with Crippen molar-refractivity contribution in [3.63, 3.8) is 0 Å². The summed E-state index contributed by atoms with van der Waals surface area (Å²) in [5, 5.41) is 0. The maximum absolute atomic E-state index is 12.8. The lowest BCUT2D eigenvalue weighted by atomic mass is 10.0. The first-order valence-corrected chi connectivity index (χ1v) is 33.0. The van der Waals surface area contributed by atoms with E-state index in [4.69, 9.17) is 14.2 Å². The third-order valence-electron chi connectivity index (χ3n) is 14.9. The molecule has 1 atom stereocenters. The van der Waals surface area contributed by atoms with Crippen LogP contribution in [0.3, 0.4) is 0 Å². The average molecular weight is 1040 g/mol. The molecule has 0 saturated carbocycles. The summed E-state index contributed by atoms with van der Waals surface area (Å²) in [7, 11) is 0. The molecule has 0 aromatic heterocycles. The lowest BCUT2D eigenvalue weighted by Gasteiger charge is -2.18. The van der Waals surface area contributed by atoms with Crippen molar-refractivity contribution < 1.29 is 28.6 Å². The SMILES string of the molecule is CC/C=C\C/C=C\C/C=C\CCCCCC(=O)OC(COC(=O)CCCCCCCCCCCCCC)COC(=O)CCCCCCCCCCCCCCCCCCCCCCCCCCCCCCCCC. The summed E-state index contributed by atoms with van der Waals surface area (Å²) in [5.74, 6) is -0.888. The second-order valence-electron chi connectivity index (χ2n) is 22.4. The number of rotatable bonds is 61. The van der Waals surface area contributed by atoms with Gasteiger partial charge in [-0.05, 0) is 51.4 Å². The molecule has 0 aliphatic carbocycles. The molecular formula is C68H126O6. The van der Waals surface area contributed by atoms with E-state index in [1.807, 2.05) is 0 Å². The largest absolute Gasteiger partial charge is 0.462 e. The Morgan fingerprint density at radius 3 is 0.824 bits per heavy atom. The zero-order valence-corrected chi connectivity index (χ0v) is 49.9. The molecule has 0 bridgehead atoms. The topological polar surface area (TPSA) is 78.9 Å². The van der Waals surface area contributed by atoms with Crippen molar-refractivity contribution in [2.45, 2.75) is 367 Å². The molecule has 0 aromatic carbocycles. The van der Waals surface area contributed by atoms with Crippen LogP contribution in [0.1, 0.15) is 361 Å². The summed E-state index contributed by atoms with van der Waals surface area (Å²) in [4.78, 5) is 38.2. The third-order valence-corrected chi connectivity index (χ3v) is 14.9. The Morgan fingerprint density at radius 2 is 0.527 bits per heavy atom. The summed E-state index contributed by atoms with van der Waals surface area (Å²) in [5.41, 5.74) is 0. The Hall–Kier alpha value is -2.37. The van der Waals surface area contributed by atoms with Gasteiger partial charge >= 0.3 is 17.9 Å². The van der Waals surface area contributed by atoms with Gasteiger partial charge in [0.1, 0.15) is 13.2 Å². The number of ether oxygens (including phenoxy) is 3. The molecule has 0 N–H and O–H groups in total. The van der Waals surface area contributed by atoms with Gasteiger partial charge in [0.25, 0.3) is 0 Å². The lowest BCUT2D eigenvalue weighted by molar-refractivity contribution is -0.167. The van der Waals surface area contributed by atoms with Gasteiger partial charge in [0.2, 0.25) is 0 Å². The normalized spacial score (nSPS) is 12.2. The minimum atomic E-state index is -0.783. The van der Waals surface area contributed by atoms with Crippen molar-refractivity contribution in [3.05, 3.63) is 36.5 Å². The molecule has 1 unspecified atom stereocenters. The zero-order valence-electron chi connectivity index (χ0n) is 49.9. The standard InChI is InChI=1S/C68H126O6/c1-4-7-10-13-16-19-22-25-26-27-28-29-30-31-32-33-34-35-36-37-38-39-40-41-42-44-46-49-52-55-58-61-67(70)73-64-65(63-72-66(69)60-57-54-51-48-45-24-21-18-15-12-9-6-3)74-68(71)62-59-56-53-50-47-43-23-20-17-14-11-8-5-2/h8,11,17,20,43,47,65H,4-7,9-10,12-16,18-19,21-42,44-46,48-64H2,1-3H3/b11-8-,20-17-,47-43-. The molecule has 0 saturated heterocycles. The van der Waals surface area contributed by atoms with E-state index in [0.29, 0.717) is 19.3 Å². The van der Waals surface area contributed by atoms with Crippen molar-refractivity contribution in [1.82, 2.24) is 0 Å². The van der Waals surface area contributed by atoms with E-state index in [0.717, 1.165) is 83.5 Å². The van der Waals surface area contributed by atoms with Crippen LogP contribution in [0.15, 0.2) is 36.5 Å². The Kier molecular flexibility index (Phi) is 61.1. The Labute approximate surface area is 461 Å². The fourth-order valence-corrected chi connectivity index (χ4v) is 9.99. The van der Waals surface area contributed by atoms with Gasteiger partial charge in [0.15, 0.2) is 6.10 Å². The van der Waals surface area contributed by atoms with E-state index in [1.165, 1.54) is 238 Å². The maximum atomic E-state index is 12.8. The highest BCUT2D eigenvalue weighted by molar-refractivity contribution is 5.71. The first-order valence-electron chi connectivity index (χ1n) is 33.0. The van der Waals surface area contributed by atoms with E-state index >= 15 is 0 Å². The first-order chi connectivity index (χ1) is 36.5. The molecule has 0 aromatic rings. The Morgan fingerprint density at radius 1 is 0.284 bits per heavy atom. The van der Waals surface area contributed by atoms with Crippen LogP contribution in [-0.2, 0) is 28.6 Å². The fraction of sp³-hybridized carbons (Fsp3) is 0.868. The van der Waals surface area contributed by atoms with Crippen LogP contribution in [-0.4, -0.2) is 37.2 Å². The van der Waals surface area contributed by atoms with Gasteiger partial charge in [-0.25, -0.2) is 0 Å². The van der Waals surface area contributed by atoms with Crippen molar-refractivity contribution >= 4 is 17.9 Å². The zero-order chi connectivity index (χ0) is 53.6. The van der Waals surface area contributed by atoms with Crippen LogP contribution in [0, 0.1) is 0 Å². The first kappa shape index (κ1) is 71.6. The highest BCUT2D eigenvalue weighted by Crippen LogP contribution is 2.18. The number of esters is 3. The van der Waals surface area contributed by atoms with Gasteiger partial charge in [0.05, 0.1) is 0 Å². The second kappa shape index (κ2) is 63.2. The summed E-state index contributed by atoms with van der Waals surface area (Å²) in [6.45, 7) is 6.55. The van der Waals surface area contributed by atoms with Crippen molar-refractivity contribution in [2.24, 2.45) is 0 Å². The fourth-order valence-electron chi connectivity index (χ4n) is 9.99. The maximum Gasteiger partial charge on any atom is 0.306 e. The van der Waals surface area contributed by atoms with Crippen molar-refractivity contribution in [3.8, 4) is 0 Å². The molecule has 6 nitrogen and oxygen atoms in total. The van der Waals surface area contributed by atoms with Gasteiger partial charge < -0.3 is 14.2 Å². The average Bonchev–Trinajstić information content (AvgIpc) is 3.40. The highest BCUT2D eigenvalue weighted by Gasteiger charge is 2.19. The molecule has 0 radical (unpaired) electrons. The van der Waals surface area contributed by atoms with Gasteiger partial charge in [0, 0.05) is 19.3 Å². The van der Waals surface area contributed by atoms with Gasteiger partial charge in [-0.15, -0.1) is 0 Å². The molecular weight excluding hydrogens is 913 g/mol. The molecule has 0 fully saturated rings. The molecule has 0 heterocycles. The van der Waals surface area contributed by atoms with Crippen molar-refractivity contribution in [1.29, 1.82) is 0 Å². The molecule has 0 rings (SSSR count). The lowest BCUT2D eigenvalue weighted by Crippen LogP contribution is -2.30. The summed E-state index contributed by atoms with van der Waals surface area (Å²) < 4.78 is 16.9. The van der Waals surface area contributed by atoms with E-state index in [2.05, 4.69) is 57.2 Å². The predicted molar refractivity (Wildman–Crippen MR) is 321 cm³/mol. The highest BCUT2D eigenvalue weighted by atomic mass is 16.6. The van der Waals surface area contributed by atoms with E-state index in [9.17, 15) is 14.4 Å². The summed E-state index contributed by atoms with van der Waals surface area (Å²) in [6, 6.07) is 0. The Bertz CT molecular complexity index is 1240. The minimum Gasteiger partial charge on any atom is -0.462 e. The van der Waals surface area contributed by atoms with Crippen LogP contribution in [0.4, 0.5) is 0 Å². The Balaban J connectivity index is 4.06. The molecule has 0 spiro atoms. The van der Waals surface area contributed by atoms with Gasteiger partial charge in [-0.3, -0.25) is 14.4 Å². The van der Waals surface area contributed by atoms with E-state index in [1.54, 1.807) is 0 Å². The minimum absolute atomic E-state index is 0.0792. The predicted octanol–water partition coefficient (Wildman–Crippen LogP) is 22.4. The molecule has 74 heavy (non-hydrogen) atoms. The van der Waals surface area contributed by atoms with Crippen molar-refractivity contribution in [2.75, 3.05) is 13.2 Å². The molecule has 434 valence electrons. The number of unbranched alkanes of at least 4 members (excludes halogenated alkanes) is 44. The van der Waals surface area contributed by atoms with E-state index < -0.39 is 6.10 Å². The number of allylic oxidation sites excluding steroid dienone is 6. The number of hydrogen-bond acceptors (Lipinski definition) is 6. The van der Waals surface area contributed by atoms with Gasteiger partial charge in [-0.1, -0.05) is 327 Å². The van der Waals surface area contributed by atoms with Crippen LogP contribution < -0.4 is 0 Å². The number of hydrogen-bond donors (Lipinski definition) is 0. The van der Waals surface area contributed by atoms with Gasteiger partial charge in [-0.2, -0.15) is 0 Å². The quantitative estimate of drug-likeness (QED) is 0.0261. The monoisotopic (exact) mass is 1040 g/mol. The van der Waals surface area contributed by atoms with Crippen LogP contribution >= 0.6 is 0 Å². The number of carbonyl (C=O) groups excluding carboxylic acids is 3. The molecule has 6 heteroatoms. The molecule has 0 aliphatic rings. The van der Waals surface area contributed by atoms with Crippen LogP contribution in [0.2, 0.25) is 0 Å². The van der Waals surface area contributed by atoms with Crippen LogP contribution in [0.25, 0.3) is 0 Å². The second-order valence-corrected chi connectivity index (χ2v) is 22.4. The molecule has 0 aliphatic heterocycles. The third kappa shape index (κ3) is 60.5.